The van der Waals surface area contributed by atoms with Gasteiger partial charge >= 0.3 is 0 Å². The van der Waals surface area contributed by atoms with Crippen LogP contribution in [0.15, 0.2) is 0 Å². The van der Waals surface area contributed by atoms with Crippen molar-refractivity contribution >= 4 is 14.0 Å². The summed E-state index contributed by atoms with van der Waals surface area (Å²) < 4.78 is 11.2. The fourth-order valence-corrected chi connectivity index (χ4v) is 10.7. The van der Waals surface area contributed by atoms with Crippen LogP contribution in [0.25, 0.3) is 0 Å². The molecule has 2 saturated heterocycles. The highest BCUT2D eigenvalue weighted by Gasteiger charge is 2.44. The Balaban J connectivity index is 1.70. The Morgan fingerprint density at radius 1 is 0.736 bits per heavy atom. The molecule has 2 aliphatic heterocycles. The predicted octanol–water partition coefficient (Wildman–Crippen LogP) is 7.12. The molecule has 11 heteroatoms. The predicted molar refractivity (Wildman–Crippen MR) is 215 cm³/mol. The number of aliphatic hydroxyl groups is 6. The molecule has 2 aliphatic rings. The summed E-state index contributed by atoms with van der Waals surface area (Å²) >= 11 is 0. The van der Waals surface area contributed by atoms with Gasteiger partial charge in [0.05, 0.1) is 25.4 Å². The van der Waals surface area contributed by atoms with Crippen molar-refractivity contribution in [2.75, 3.05) is 13.2 Å². The molecule has 0 aromatic carbocycles. The van der Waals surface area contributed by atoms with Gasteiger partial charge in [0.25, 0.3) is 0 Å². The zero-order chi connectivity index (χ0) is 38.9. The number of amides is 1. The maximum atomic E-state index is 13.0. The van der Waals surface area contributed by atoms with Crippen molar-refractivity contribution in [3.63, 3.8) is 0 Å². The standard InChI is InChI=1S/C42H83NO9Si/c1-4-5-6-7-8-9-10-11-12-16-19-22-25-35(45)38(47)34(32-51-42-41(50)40(49)39(48)36(31-44)52-42)43-37(46)26-23-20-17-14-13-15-18-21-24-33-27-29-53(2,3)30-28-33/h33-36,38-42,44-45,47-50H,4-32H2,1-3H3,(H,43,46)/t34-,35+,36?,38-,39?,40?,41?,42?/m0/s1. The lowest BCUT2D eigenvalue weighted by atomic mass is 9.95. The Bertz CT molecular complexity index is 902. The number of hydrogen-bond acceptors (Lipinski definition) is 9. The van der Waals surface area contributed by atoms with Gasteiger partial charge in [-0.1, -0.05) is 173 Å². The molecule has 0 aromatic heterocycles. The van der Waals surface area contributed by atoms with E-state index in [0.717, 1.165) is 44.4 Å². The van der Waals surface area contributed by atoms with E-state index < -0.39 is 63.6 Å². The summed E-state index contributed by atoms with van der Waals surface area (Å²) in [6, 6.07) is 2.03. The lowest BCUT2D eigenvalue weighted by Crippen LogP contribution is -2.60. The molecule has 53 heavy (non-hydrogen) atoms. The van der Waals surface area contributed by atoms with E-state index in [9.17, 15) is 35.4 Å². The van der Waals surface area contributed by atoms with Crippen molar-refractivity contribution < 1.29 is 44.9 Å². The fraction of sp³-hybridized carbons (Fsp3) is 0.976. The number of carbonyl (C=O) groups is 1. The third-order valence-corrected chi connectivity index (χ3v) is 15.3. The first kappa shape index (κ1) is 48.5. The van der Waals surface area contributed by atoms with E-state index >= 15 is 0 Å². The average Bonchev–Trinajstić information content (AvgIpc) is 3.14. The highest BCUT2D eigenvalue weighted by Crippen LogP contribution is 2.35. The van der Waals surface area contributed by atoms with Gasteiger partial charge in [0, 0.05) is 14.5 Å². The van der Waals surface area contributed by atoms with Crippen LogP contribution in [-0.4, -0.2) is 107 Å². The molecule has 0 spiro atoms. The summed E-state index contributed by atoms with van der Waals surface area (Å²) in [5.41, 5.74) is 0. The Morgan fingerprint density at radius 3 is 1.79 bits per heavy atom. The van der Waals surface area contributed by atoms with Crippen LogP contribution in [-0.2, 0) is 14.3 Å². The monoisotopic (exact) mass is 774 g/mol. The van der Waals surface area contributed by atoms with E-state index in [-0.39, 0.29) is 12.5 Å². The fourth-order valence-electron chi connectivity index (χ4n) is 8.07. The molecule has 2 rings (SSSR count). The molecular formula is C42H83NO9Si. The molecule has 0 radical (unpaired) electrons. The molecule has 0 aliphatic carbocycles. The number of nitrogens with one attached hydrogen (secondary N) is 1. The Kier molecular flexibility index (Phi) is 26.3. The largest absolute Gasteiger partial charge is 0.394 e. The first-order valence-electron chi connectivity index (χ1n) is 22.1. The minimum Gasteiger partial charge on any atom is -0.394 e. The number of hydrogen-bond donors (Lipinski definition) is 7. The van der Waals surface area contributed by atoms with Crippen LogP contribution in [0.5, 0.6) is 0 Å². The van der Waals surface area contributed by atoms with Crippen molar-refractivity contribution in [2.24, 2.45) is 5.92 Å². The molecule has 1 amide bonds. The zero-order valence-electron chi connectivity index (χ0n) is 34.1. The molecule has 10 nitrogen and oxygen atoms in total. The second-order valence-corrected chi connectivity index (χ2v) is 22.7. The molecule has 2 heterocycles. The van der Waals surface area contributed by atoms with Gasteiger partial charge in [-0.3, -0.25) is 4.79 Å². The second-order valence-electron chi connectivity index (χ2n) is 17.4. The number of unbranched alkanes of at least 4 members (excludes halogenated alkanes) is 18. The molecular weight excluding hydrogens is 691 g/mol. The summed E-state index contributed by atoms with van der Waals surface area (Å²) in [5, 5.41) is 65.1. The molecule has 314 valence electrons. The summed E-state index contributed by atoms with van der Waals surface area (Å²) in [6.07, 6.45) is 18.8. The molecule has 5 unspecified atom stereocenters. The average molecular weight is 774 g/mol. The maximum Gasteiger partial charge on any atom is 0.220 e. The molecule has 2 fully saturated rings. The lowest BCUT2D eigenvalue weighted by Gasteiger charge is -2.40. The normalized spacial score (nSPS) is 25.3. The van der Waals surface area contributed by atoms with E-state index in [1.807, 2.05) is 0 Å². The summed E-state index contributed by atoms with van der Waals surface area (Å²) in [5.74, 6) is 0.710. The van der Waals surface area contributed by atoms with Gasteiger partial charge in [0.15, 0.2) is 6.29 Å². The van der Waals surface area contributed by atoms with Crippen molar-refractivity contribution in [1.82, 2.24) is 5.32 Å². The topological polar surface area (TPSA) is 169 Å². The summed E-state index contributed by atoms with van der Waals surface area (Å²) in [6.45, 7) is 6.42. The van der Waals surface area contributed by atoms with Crippen molar-refractivity contribution in [2.45, 2.75) is 242 Å². The first-order chi connectivity index (χ1) is 25.5. The van der Waals surface area contributed by atoms with Crippen molar-refractivity contribution in [3.05, 3.63) is 0 Å². The minimum absolute atomic E-state index is 0.252. The van der Waals surface area contributed by atoms with Crippen LogP contribution in [0.3, 0.4) is 0 Å². The smallest absolute Gasteiger partial charge is 0.220 e. The third kappa shape index (κ3) is 20.9. The zero-order valence-corrected chi connectivity index (χ0v) is 35.1. The Morgan fingerprint density at radius 2 is 1.25 bits per heavy atom. The van der Waals surface area contributed by atoms with E-state index in [4.69, 9.17) is 9.47 Å². The van der Waals surface area contributed by atoms with Gasteiger partial charge in [-0.05, 0) is 18.8 Å². The Labute approximate surface area is 324 Å². The molecule has 0 saturated carbocycles. The van der Waals surface area contributed by atoms with Gasteiger partial charge in [-0.2, -0.15) is 0 Å². The number of rotatable bonds is 31. The quantitative estimate of drug-likeness (QED) is 0.0287. The van der Waals surface area contributed by atoms with Crippen LogP contribution >= 0.6 is 0 Å². The van der Waals surface area contributed by atoms with Crippen LogP contribution < -0.4 is 5.32 Å². The van der Waals surface area contributed by atoms with Crippen LogP contribution in [0.2, 0.25) is 25.2 Å². The number of carbonyl (C=O) groups excluding carboxylic acids is 1. The highest BCUT2D eigenvalue weighted by atomic mass is 28.3. The van der Waals surface area contributed by atoms with Crippen LogP contribution in [0.1, 0.15) is 167 Å². The van der Waals surface area contributed by atoms with Gasteiger partial charge in [-0.25, -0.2) is 0 Å². The van der Waals surface area contributed by atoms with Gasteiger partial charge < -0.3 is 45.4 Å². The molecule has 0 bridgehead atoms. The highest BCUT2D eigenvalue weighted by molar-refractivity contribution is 6.77. The lowest BCUT2D eigenvalue weighted by molar-refractivity contribution is -0.303. The van der Waals surface area contributed by atoms with Gasteiger partial charge in [-0.15, -0.1) is 0 Å². The van der Waals surface area contributed by atoms with Crippen molar-refractivity contribution in [1.29, 1.82) is 0 Å². The second kappa shape index (κ2) is 28.7. The maximum absolute atomic E-state index is 13.0. The number of aliphatic hydroxyl groups excluding tert-OH is 6. The molecule has 0 aromatic rings. The first-order valence-corrected chi connectivity index (χ1v) is 25.5. The van der Waals surface area contributed by atoms with Crippen LogP contribution in [0.4, 0.5) is 0 Å². The third-order valence-electron chi connectivity index (χ3n) is 12.0. The van der Waals surface area contributed by atoms with Crippen LogP contribution in [0, 0.1) is 5.92 Å². The molecule has 8 atom stereocenters. The van der Waals surface area contributed by atoms with E-state index in [2.05, 4.69) is 25.3 Å². The SMILES string of the molecule is CCCCCCCCCCCCCC[C@@H](O)[C@@H](O)[C@H](COC1OC(CO)C(O)C(O)C1O)NC(=O)CCCCCCCCCCC1CC[Si](C)(C)CC1. The van der Waals surface area contributed by atoms with Gasteiger partial charge in [0.2, 0.25) is 5.91 Å². The summed E-state index contributed by atoms with van der Waals surface area (Å²) in [4.78, 5) is 13.0. The van der Waals surface area contributed by atoms with Crippen molar-refractivity contribution in [3.8, 4) is 0 Å². The summed E-state index contributed by atoms with van der Waals surface area (Å²) in [7, 11) is -0.855. The van der Waals surface area contributed by atoms with E-state index in [1.165, 1.54) is 121 Å². The molecule has 7 N–H and O–H groups in total. The minimum atomic E-state index is -1.60. The van der Waals surface area contributed by atoms with E-state index in [1.54, 1.807) is 0 Å². The number of ether oxygens (including phenoxy) is 2. The van der Waals surface area contributed by atoms with Gasteiger partial charge in [0.1, 0.15) is 30.5 Å². The Hall–Kier alpha value is -0.633. The van der Waals surface area contributed by atoms with E-state index in [0.29, 0.717) is 12.8 Å².